The van der Waals surface area contributed by atoms with Crippen LogP contribution in [0.2, 0.25) is 0 Å². The van der Waals surface area contributed by atoms with Crippen LogP contribution >= 0.6 is 0 Å². The van der Waals surface area contributed by atoms with Gasteiger partial charge in [-0.15, -0.1) is 0 Å². The number of nitrogens with zero attached hydrogens (tertiary/aromatic N) is 1. The Balaban J connectivity index is 2.35. The van der Waals surface area contributed by atoms with Crippen molar-refractivity contribution < 1.29 is 13.9 Å². The van der Waals surface area contributed by atoms with Crippen molar-refractivity contribution in [3.05, 3.63) is 70.8 Å². The lowest BCUT2D eigenvalue weighted by Gasteiger charge is -2.20. The van der Waals surface area contributed by atoms with Crippen LogP contribution < -0.4 is 0 Å². The molecule has 0 aliphatic heterocycles. The van der Waals surface area contributed by atoms with Crippen molar-refractivity contribution in [3.63, 3.8) is 0 Å². The third-order valence-electron chi connectivity index (χ3n) is 4.01. The van der Waals surface area contributed by atoms with E-state index in [9.17, 15) is 13.9 Å². The van der Waals surface area contributed by atoms with E-state index in [1.54, 1.807) is 6.92 Å². The van der Waals surface area contributed by atoms with Gasteiger partial charge in [-0.05, 0) is 35.6 Å². The summed E-state index contributed by atoms with van der Waals surface area (Å²) in [5.41, 5.74) is 2.08. The van der Waals surface area contributed by atoms with E-state index in [-0.39, 0.29) is 23.3 Å². The number of hydrogen-bond acceptors (Lipinski definition) is 2. The first-order valence-corrected chi connectivity index (χ1v) is 7.94. The van der Waals surface area contributed by atoms with E-state index in [1.807, 2.05) is 24.3 Å². The van der Waals surface area contributed by atoms with Crippen LogP contribution in [0, 0.1) is 11.6 Å². The Morgan fingerprint density at radius 3 is 2.04 bits per heavy atom. The molecule has 1 atom stereocenters. The minimum Gasteiger partial charge on any atom is -0.394 e. The summed E-state index contributed by atoms with van der Waals surface area (Å²) >= 11 is 0. The van der Waals surface area contributed by atoms with Gasteiger partial charge in [0.1, 0.15) is 11.6 Å². The number of rotatable bonds is 4. The zero-order valence-electron chi connectivity index (χ0n) is 14.5. The molecule has 0 heterocycles. The van der Waals surface area contributed by atoms with Crippen molar-refractivity contribution in [2.24, 2.45) is 4.99 Å². The largest absolute Gasteiger partial charge is 0.394 e. The lowest BCUT2D eigenvalue weighted by molar-refractivity contribution is 0.269. The van der Waals surface area contributed by atoms with E-state index < -0.39 is 17.7 Å². The maximum absolute atomic E-state index is 13.9. The van der Waals surface area contributed by atoms with E-state index >= 15 is 0 Å². The fraction of sp³-hybridized carbons (Fsp3) is 0.350. The number of aliphatic hydroxyl groups excluding tert-OH is 1. The Bertz CT molecular complexity index is 710. The molecule has 0 amide bonds. The molecular weight excluding hydrogens is 308 g/mol. The molecule has 0 radical (unpaired) electrons. The van der Waals surface area contributed by atoms with Crippen LogP contribution in [0.1, 0.15) is 50.4 Å². The van der Waals surface area contributed by atoms with Crippen LogP contribution in [0.5, 0.6) is 0 Å². The molecule has 2 rings (SSSR count). The topological polar surface area (TPSA) is 32.6 Å². The lowest BCUT2D eigenvalue weighted by Crippen LogP contribution is -2.12. The lowest BCUT2D eigenvalue weighted by atomic mass is 9.86. The summed E-state index contributed by atoms with van der Waals surface area (Å²) in [5.74, 6) is -1.31. The van der Waals surface area contributed by atoms with Gasteiger partial charge in [0.2, 0.25) is 0 Å². The van der Waals surface area contributed by atoms with Gasteiger partial charge in [-0.1, -0.05) is 51.1 Å². The van der Waals surface area contributed by atoms with Crippen LogP contribution in [0.15, 0.2) is 47.5 Å². The van der Waals surface area contributed by atoms with Crippen molar-refractivity contribution in [2.75, 3.05) is 6.61 Å². The zero-order valence-corrected chi connectivity index (χ0v) is 14.5. The molecule has 24 heavy (non-hydrogen) atoms. The maximum Gasteiger partial charge on any atom is 0.135 e. The maximum atomic E-state index is 13.9. The number of benzene rings is 2. The highest BCUT2D eigenvalue weighted by molar-refractivity contribution is 5.99. The van der Waals surface area contributed by atoms with Crippen molar-refractivity contribution in [1.82, 2.24) is 0 Å². The summed E-state index contributed by atoms with van der Waals surface area (Å²) in [6, 6.07) is 10.9. The predicted molar refractivity (Wildman–Crippen MR) is 93.5 cm³/mol. The Labute approximate surface area is 141 Å². The minimum atomic E-state index is -0.656. The van der Waals surface area contributed by atoms with E-state index in [4.69, 9.17) is 0 Å². The Morgan fingerprint density at radius 1 is 1.04 bits per heavy atom. The summed E-state index contributed by atoms with van der Waals surface area (Å²) in [7, 11) is 0. The highest BCUT2D eigenvalue weighted by Crippen LogP contribution is 2.26. The summed E-state index contributed by atoms with van der Waals surface area (Å²) in [4.78, 5) is 4.34. The number of aliphatic imine (C=N–C) groups is 1. The normalized spacial score (nSPS) is 13.9. The molecule has 2 aromatic carbocycles. The van der Waals surface area contributed by atoms with Crippen LogP contribution in [0.25, 0.3) is 0 Å². The summed E-state index contributed by atoms with van der Waals surface area (Å²) < 4.78 is 27.7. The van der Waals surface area contributed by atoms with Crippen molar-refractivity contribution in [3.8, 4) is 0 Å². The average molecular weight is 331 g/mol. The first-order chi connectivity index (χ1) is 11.2. The first-order valence-electron chi connectivity index (χ1n) is 7.94. The molecule has 0 saturated carbocycles. The van der Waals surface area contributed by atoms with E-state index in [2.05, 4.69) is 25.8 Å². The molecule has 0 spiro atoms. The molecule has 0 saturated heterocycles. The fourth-order valence-electron chi connectivity index (χ4n) is 2.57. The molecule has 4 heteroatoms. The van der Waals surface area contributed by atoms with Crippen LogP contribution in [0.3, 0.4) is 0 Å². The van der Waals surface area contributed by atoms with Gasteiger partial charge in [0.15, 0.2) is 0 Å². The Kier molecular flexibility index (Phi) is 5.50. The van der Waals surface area contributed by atoms with Crippen molar-refractivity contribution >= 4 is 5.71 Å². The van der Waals surface area contributed by atoms with Gasteiger partial charge >= 0.3 is 0 Å². The number of hydrogen-bond donors (Lipinski definition) is 1. The summed E-state index contributed by atoms with van der Waals surface area (Å²) in [6.07, 6.45) is 0. The Hall–Kier alpha value is -2.07. The van der Waals surface area contributed by atoms with Gasteiger partial charge < -0.3 is 5.11 Å². The number of aliphatic hydroxyl groups is 1. The smallest absolute Gasteiger partial charge is 0.135 e. The van der Waals surface area contributed by atoms with Gasteiger partial charge in [-0.3, -0.25) is 4.99 Å². The standard InChI is InChI=1S/C20H23F2NO/c1-13(19-16(21)6-5-7-17(19)22)23-18(12-24)14-8-10-15(11-9-14)20(2,3)4/h5-11,18,24H,12H2,1-4H3. The molecule has 0 aliphatic carbocycles. The van der Waals surface area contributed by atoms with Gasteiger partial charge in [0, 0.05) is 5.71 Å². The molecule has 0 fully saturated rings. The minimum absolute atomic E-state index is 0.0305. The number of halogens is 2. The molecule has 2 aromatic rings. The fourth-order valence-corrected chi connectivity index (χ4v) is 2.57. The average Bonchev–Trinajstić information content (AvgIpc) is 2.51. The van der Waals surface area contributed by atoms with Crippen molar-refractivity contribution in [1.29, 1.82) is 0 Å². The van der Waals surface area contributed by atoms with Crippen LogP contribution in [0.4, 0.5) is 8.78 Å². The molecule has 0 aliphatic rings. The molecule has 2 nitrogen and oxygen atoms in total. The van der Waals surface area contributed by atoms with Crippen molar-refractivity contribution in [2.45, 2.75) is 39.2 Å². The second kappa shape index (κ2) is 7.22. The van der Waals surface area contributed by atoms with E-state index in [0.29, 0.717) is 0 Å². The molecule has 1 N–H and O–H groups in total. The molecular formula is C20H23F2NO. The third-order valence-corrected chi connectivity index (χ3v) is 4.01. The highest BCUT2D eigenvalue weighted by Gasteiger charge is 2.17. The second-order valence-electron chi connectivity index (χ2n) is 6.88. The Morgan fingerprint density at radius 2 is 1.58 bits per heavy atom. The molecule has 0 bridgehead atoms. The quantitative estimate of drug-likeness (QED) is 0.802. The monoisotopic (exact) mass is 331 g/mol. The zero-order chi connectivity index (χ0) is 17.9. The van der Waals surface area contributed by atoms with Gasteiger partial charge in [0.25, 0.3) is 0 Å². The summed E-state index contributed by atoms with van der Waals surface area (Å²) in [5, 5.41) is 9.65. The molecule has 0 aromatic heterocycles. The highest BCUT2D eigenvalue weighted by atomic mass is 19.1. The SMILES string of the molecule is CC(=NC(CO)c1ccc(C(C)(C)C)cc1)c1c(F)cccc1F. The first kappa shape index (κ1) is 18.3. The van der Waals surface area contributed by atoms with Crippen LogP contribution in [-0.4, -0.2) is 17.4 Å². The molecule has 1 unspecified atom stereocenters. The van der Waals surface area contributed by atoms with Crippen LogP contribution in [-0.2, 0) is 5.41 Å². The van der Waals surface area contributed by atoms with E-state index in [1.165, 1.54) is 23.8 Å². The predicted octanol–water partition coefficient (Wildman–Crippen LogP) is 4.80. The second-order valence-corrected chi connectivity index (χ2v) is 6.88. The van der Waals surface area contributed by atoms with Gasteiger partial charge in [-0.2, -0.15) is 0 Å². The molecule has 128 valence electrons. The third kappa shape index (κ3) is 4.06. The van der Waals surface area contributed by atoms with Gasteiger partial charge in [0.05, 0.1) is 18.2 Å². The van der Waals surface area contributed by atoms with E-state index in [0.717, 1.165) is 5.56 Å². The summed E-state index contributed by atoms with van der Waals surface area (Å²) in [6.45, 7) is 7.67. The van der Waals surface area contributed by atoms with Gasteiger partial charge in [-0.25, -0.2) is 8.78 Å².